The van der Waals surface area contributed by atoms with E-state index in [4.69, 9.17) is 5.11 Å². The van der Waals surface area contributed by atoms with Gasteiger partial charge in [-0.2, -0.15) is 9.40 Å². The Balaban J connectivity index is 3.28. The molecular formula is C11H19N3O4S. The summed E-state index contributed by atoms with van der Waals surface area (Å²) in [4.78, 5) is 10.8. The van der Waals surface area contributed by atoms with E-state index in [1.54, 1.807) is 6.92 Å². The molecule has 2 N–H and O–H groups in total. The van der Waals surface area contributed by atoms with Crippen LogP contribution >= 0.6 is 0 Å². The largest absolute Gasteiger partial charge is 0.476 e. The van der Waals surface area contributed by atoms with Crippen molar-refractivity contribution >= 4 is 16.0 Å². The highest BCUT2D eigenvalue weighted by Crippen LogP contribution is 2.23. The molecule has 0 bridgehead atoms. The molecule has 0 spiro atoms. The van der Waals surface area contributed by atoms with Crippen molar-refractivity contribution in [1.29, 1.82) is 0 Å². The molecule has 1 heterocycles. The van der Waals surface area contributed by atoms with Crippen LogP contribution in [0.25, 0.3) is 0 Å². The summed E-state index contributed by atoms with van der Waals surface area (Å²) in [6.45, 7) is 5.24. The molecule has 0 aliphatic carbocycles. The number of aromatic amines is 1. The summed E-state index contributed by atoms with van der Waals surface area (Å²) in [6, 6.07) is -0.203. The van der Waals surface area contributed by atoms with Crippen LogP contribution in [0.1, 0.15) is 42.9 Å². The van der Waals surface area contributed by atoms with Crippen LogP contribution in [0.5, 0.6) is 0 Å². The first kappa shape index (κ1) is 15.6. The number of hydrogen-bond acceptors (Lipinski definition) is 4. The van der Waals surface area contributed by atoms with Crippen molar-refractivity contribution in [2.75, 3.05) is 7.05 Å². The Hall–Kier alpha value is -1.41. The fourth-order valence-corrected chi connectivity index (χ4v) is 3.54. The zero-order valence-electron chi connectivity index (χ0n) is 11.5. The predicted molar refractivity (Wildman–Crippen MR) is 69.6 cm³/mol. The summed E-state index contributed by atoms with van der Waals surface area (Å²) in [5.41, 5.74) is -0.235. The lowest BCUT2D eigenvalue weighted by Crippen LogP contribution is -2.35. The third kappa shape index (κ3) is 2.95. The highest BCUT2D eigenvalue weighted by Gasteiger charge is 2.33. The Labute approximate surface area is 112 Å². The van der Waals surface area contributed by atoms with E-state index < -0.39 is 21.7 Å². The Kier molecular flexibility index (Phi) is 4.70. The number of aryl methyl sites for hydroxylation is 1. The molecule has 19 heavy (non-hydrogen) atoms. The summed E-state index contributed by atoms with van der Waals surface area (Å²) < 4.78 is 26.1. The minimum atomic E-state index is -3.86. The minimum absolute atomic E-state index is 0.203. The molecule has 0 fully saturated rings. The van der Waals surface area contributed by atoms with Crippen molar-refractivity contribution in [3.8, 4) is 0 Å². The molecule has 0 saturated carbocycles. The molecule has 1 atom stereocenters. The second-order valence-corrected chi connectivity index (χ2v) is 6.42. The molecule has 0 aliphatic rings. The van der Waals surface area contributed by atoms with Crippen molar-refractivity contribution in [3.05, 3.63) is 11.4 Å². The molecule has 1 aromatic rings. The number of sulfonamides is 1. The van der Waals surface area contributed by atoms with E-state index in [0.717, 1.165) is 6.42 Å². The molecule has 1 rings (SSSR count). The maximum absolute atomic E-state index is 12.5. The van der Waals surface area contributed by atoms with E-state index in [0.29, 0.717) is 6.42 Å². The SMILES string of the molecule is CCCC(C)N(C)S(=O)(=O)c1c(C(=O)O)n[nH]c1C. The van der Waals surface area contributed by atoms with E-state index in [9.17, 15) is 13.2 Å². The Bertz CT molecular complexity index is 564. The first-order chi connectivity index (χ1) is 8.73. The van der Waals surface area contributed by atoms with E-state index in [1.807, 2.05) is 6.92 Å². The van der Waals surface area contributed by atoms with E-state index >= 15 is 0 Å². The second kappa shape index (κ2) is 5.70. The summed E-state index contributed by atoms with van der Waals surface area (Å²) in [7, 11) is -2.41. The van der Waals surface area contributed by atoms with Crippen molar-refractivity contribution < 1.29 is 18.3 Å². The molecule has 7 nitrogen and oxygen atoms in total. The number of hydrogen-bond donors (Lipinski definition) is 2. The minimum Gasteiger partial charge on any atom is -0.476 e. The number of carbonyl (C=O) groups is 1. The summed E-state index contributed by atoms with van der Waals surface area (Å²) in [5, 5.41) is 15.0. The lowest BCUT2D eigenvalue weighted by Gasteiger charge is -2.23. The van der Waals surface area contributed by atoms with E-state index in [2.05, 4.69) is 10.2 Å². The molecule has 0 radical (unpaired) electrons. The molecule has 8 heteroatoms. The zero-order chi connectivity index (χ0) is 14.8. The van der Waals surface area contributed by atoms with Gasteiger partial charge in [0.15, 0.2) is 5.69 Å². The zero-order valence-corrected chi connectivity index (χ0v) is 12.3. The van der Waals surface area contributed by atoms with E-state index in [1.165, 1.54) is 18.3 Å². The number of rotatable bonds is 6. The molecule has 108 valence electrons. The number of aromatic nitrogens is 2. The quantitative estimate of drug-likeness (QED) is 0.819. The number of aromatic carboxylic acids is 1. The van der Waals surface area contributed by atoms with Gasteiger partial charge in [-0.25, -0.2) is 13.2 Å². The van der Waals surface area contributed by atoms with Gasteiger partial charge in [-0.3, -0.25) is 5.10 Å². The topological polar surface area (TPSA) is 103 Å². The molecule has 0 saturated heterocycles. The normalized spacial score (nSPS) is 13.7. The number of H-pyrrole nitrogens is 1. The van der Waals surface area contributed by atoms with Crippen LogP contribution in [-0.4, -0.2) is 47.1 Å². The third-order valence-corrected chi connectivity index (χ3v) is 5.19. The average Bonchev–Trinajstić information content (AvgIpc) is 2.71. The lowest BCUT2D eigenvalue weighted by atomic mass is 10.2. The number of carboxylic acids is 1. The Morgan fingerprint density at radius 2 is 2.11 bits per heavy atom. The second-order valence-electron chi connectivity index (χ2n) is 4.49. The van der Waals surface area contributed by atoms with Gasteiger partial charge < -0.3 is 5.11 Å². The van der Waals surface area contributed by atoms with Crippen LogP contribution in [0.2, 0.25) is 0 Å². The Morgan fingerprint density at radius 1 is 1.53 bits per heavy atom. The van der Waals surface area contributed by atoms with Gasteiger partial charge in [0.1, 0.15) is 4.90 Å². The van der Waals surface area contributed by atoms with Crippen molar-refractivity contribution in [2.45, 2.75) is 44.6 Å². The smallest absolute Gasteiger partial charge is 0.357 e. The van der Waals surface area contributed by atoms with Crippen molar-refractivity contribution in [3.63, 3.8) is 0 Å². The monoisotopic (exact) mass is 289 g/mol. The van der Waals surface area contributed by atoms with Crippen LogP contribution in [-0.2, 0) is 10.0 Å². The third-order valence-electron chi connectivity index (χ3n) is 3.06. The lowest BCUT2D eigenvalue weighted by molar-refractivity contribution is 0.0686. The fourth-order valence-electron chi connectivity index (χ4n) is 1.86. The first-order valence-corrected chi connectivity index (χ1v) is 7.43. The highest BCUT2D eigenvalue weighted by atomic mass is 32.2. The Morgan fingerprint density at radius 3 is 2.58 bits per heavy atom. The summed E-state index contributed by atoms with van der Waals surface area (Å²) >= 11 is 0. The van der Waals surface area contributed by atoms with Crippen LogP contribution in [0.4, 0.5) is 0 Å². The average molecular weight is 289 g/mol. The standard InChI is InChI=1S/C11H19N3O4S/c1-5-6-7(2)14(4)19(17,18)10-8(3)12-13-9(10)11(15)16/h7H,5-6H2,1-4H3,(H,12,13)(H,15,16). The van der Waals surface area contributed by atoms with Crippen LogP contribution < -0.4 is 0 Å². The van der Waals surface area contributed by atoms with Crippen molar-refractivity contribution in [2.24, 2.45) is 0 Å². The van der Waals surface area contributed by atoms with Gasteiger partial charge in [-0.15, -0.1) is 0 Å². The summed E-state index contributed by atoms with van der Waals surface area (Å²) in [5.74, 6) is -1.36. The molecule has 0 aliphatic heterocycles. The number of nitrogens with one attached hydrogen (secondary N) is 1. The summed E-state index contributed by atoms with van der Waals surface area (Å²) in [6.07, 6.45) is 1.55. The van der Waals surface area contributed by atoms with Gasteiger partial charge in [-0.05, 0) is 20.3 Å². The molecule has 1 unspecified atom stereocenters. The van der Waals surface area contributed by atoms with Crippen LogP contribution in [0.15, 0.2) is 4.90 Å². The maximum atomic E-state index is 12.5. The maximum Gasteiger partial charge on any atom is 0.357 e. The van der Waals surface area contributed by atoms with Gasteiger partial charge in [0.05, 0.1) is 5.69 Å². The van der Waals surface area contributed by atoms with Gasteiger partial charge >= 0.3 is 5.97 Å². The van der Waals surface area contributed by atoms with Crippen LogP contribution in [0, 0.1) is 6.92 Å². The van der Waals surface area contributed by atoms with E-state index in [-0.39, 0.29) is 16.6 Å². The van der Waals surface area contributed by atoms with Gasteiger partial charge in [0.2, 0.25) is 10.0 Å². The highest BCUT2D eigenvalue weighted by molar-refractivity contribution is 7.89. The molecule has 0 aromatic carbocycles. The molecule has 1 aromatic heterocycles. The van der Waals surface area contributed by atoms with Gasteiger partial charge in [0.25, 0.3) is 0 Å². The number of carboxylic acid groups (broad SMARTS) is 1. The van der Waals surface area contributed by atoms with Crippen LogP contribution in [0.3, 0.4) is 0 Å². The molecular weight excluding hydrogens is 270 g/mol. The first-order valence-electron chi connectivity index (χ1n) is 5.99. The molecule has 0 amide bonds. The fraction of sp³-hybridized carbons (Fsp3) is 0.636. The van der Waals surface area contributed by atoms with Gasteiger partial charge in [-0.1, -0.05) is 13.3 Å². The number of nitrogens with zero attached hydrogens (tertiary/aromatic N) is 2. The van der Waals surface area contributed by atoms with Crippen molar-refractivity contribution in [1.82, 2.24) is 14.5 Å². The van der Waals surface area contributed by atoms with Gasteiger partial charge in [0, 0.05) is 13.1 Å². The predicted octanol–water partition coefficient (Wildman–Crippen LogP) is 1.23.